The number of nitrogens with one attached hydrogen (secondary N) is 2. The second kappa shape index (κ2) is 7.76. The molecule has 2 unspecified atom stereocenters. The first-order valence-corrected chi connectivity index (χ1v) is 8.10. The minimum absolute atomic E-state index is 0.330. The maximum atomic E-state index is 12.1. The molecule has 2 amide bonds. The number of carbonyl (C=O) groups is 1. The lowest BCUT2D eigenvalue weighted by atomic mass is 10.0. The van der Waals surface area contributed by atoms with E-state index >= 15 is 0 Å². The first-order valence-electron chi connectivity index (χ1n) is 8.10. The van der Waals surface area contributed by atoms with Crippen LogP contribution in [0.4, 0.5) is 4.79 Å². The summed E-state index contributed by atoms with van der Waals surface area (Å²) in [4.78, 5) is 12.1. The Morgan fingerprint density at radius 1 is 1.00 bits per heavy atom. The molecule has 7 heteroatoms. The summed E-state index contributed by atoms with van der Waals surface area (Å²) in [5.74, 6) is 0. The maximum absolute atomic E-state index is 12.1. The minimum Gasteiger partial charge on any atom is -0.357 e. The zero-order chi connectivity index (χ0) is 17.6. The lowest BCUT2D eigenvalue weighted by Gasteiger charge is -2.28. The van der Waals surface area contributed by atoms with Crippen molar-refractivity contribution in [3.8, 4) is 0 Å². The van der Waals surface area contributed by atoms with Crippen molar-refractivity contribution < 1.29 is 14.3 Å². The molecule has 0 saturated heterocycles. The Hall–Kier alpha value is -1.93. The van der Waals surface area contributed by atoms with E-state index in [-0.39, 0.29) is 6.03 Å². The highest BCUT2D eigenvalue weighted by atomic mass is 16.5. The summed E-state index contributed by atoms with van der Waals surface area (Å²) in [5, 5.41) is 5.54. The van der Waals surface area contributed by atoms with Gasteiger partial charge in [0.1, 0.15) is 11.4 Å². The van der Waals surface area contributed by atoms with Gasteiger partial charge in [0.2, 0.25) is 0 Å². The van der Waals surface area contributed by atoms with Crippen LogP contribution in [0.5, 0.6) is 0 Å². The van der Waals surface area contributed by atoms with E-state index in [0.717, 1.165) is 0 Å². The van der Waals surface area contributed by atoms with Gasteiger partial charge in [-0.25, -0.2) is 4.79 Å². The lowest BCUT2D eigenvalue weighted by Crippen LogP contribution is -2.43. The van der Waals surface area contributed by atoms with Gasteiger partial charge in [-0.15, -0.1) is 0 Å². The van der Waals surface area contributed by atoms with Crippen molar-refractivity contribution in [1.82, 2.24) is 10.6 Å². The van der Waals surface area contributed by atoms with Gasteiger partial charge in [-0.05, 0) is 38.2 Å². The Kier molecular flexibility index (Phi) is 5.95. The molecule has 2 rings (SSSR count). The van der Waals surface area contributed by atoms with Gasteiger partial charge in [0.25, 0.3) is 0 Å². The van der Waals surface area contributed by atoms with Gasteiger partial charge in [0, 0.05) is 37.4 Å². The highest BCUT2D eigenvalue weighted by molar-refractivity contribution is 5.79. The van der Waals surface area contributed by atoms with Crippen LogP contribution in [0.3, 0.4) is 0 Å². The van der Waals surface area contributed by atoms with Gasteiger partial charge in [-0.2, -0.15) is 0 Å². The average Bonchev–Trinajstić information content (AvgIpc) is 2.53. The van der Waals surface area contributed by atoms with Crippen LogP contribution in [0.25, 0.3) is 0 Å². The van der Waals surface area contributed by atoms with Crippen molar-refractivity contribution in [3.63, 3.8) is 0 Å². The van der Waals surface area contributed by atoms with E-state index in [2.05, 4.69) is 10.6 Å². The molecule has 0 radical (unpaired) electrons. The third kappa shape index (κ3) is 5.04. The third-order valence-electron chi connectivity index (χ3n) is 3.71. The van der Waals surface area contributed by atoms with Gasteiger partial charge in [-0.3, -0.25) is 11.5 Å². The average molecular weight is 334 g/mol. The van der Waals surface area contributed by atoms with Crippen LogP contribution in [-0.4, -0.2) is 30.7 Å². The molecule has 0 spiro atoms. The Labute approximate surface area is 142 Å². The molecule has 0 aromatic rings. The number of hydrogen-bond acceptors (Lipinski definition) is 5. The molecule has 0 bridgehead atoms. The number of carbonyl (C=O) groups excluding carboxylic acids is 1. The monoisotopic (exact) mass is 334 g/mol. The smallest absolute Gasteiger partial charge is 0.323 e. The van der Waals surface area contributed by atoms with Crippen molar-refractivity contribution in [2.24, 2.45) is 11.5 Å². The van der Waals surface area contributed by atoms with Crippen molar-refractivity contribution in [1.29, 1.82) is 0 Å². The summed E-state index contributed by atoms with van der Waals surface area (Å²) in [6.45, 7) is 4.84. The Morgan fingerprint density at radius 3 is 1.71 bits per heavy atom. The molecule has 132 valence electrons. The summed E-state index contributed by atoms with van der Waals surface area (Å²) in [7, 11) is 0. The summed E-state index contributed by atoms with van der Waals surface area (Å²) in [6.07, 6.45) is 11.6. The molecule has 24 heavy (non-hydrogen) atoms. The molecule has 6 N–H and O–H groups in total. The summed E-state index contributed by atoms with van der Waals surface area (Å²) in [5.41, 5.74) is 11.8. The van der Waals surface area contributed by atoms with E-state index in [9.17, 15) is 4.79 Å². The molecule has 7 nitrogen and oxygen atoms in total. The zero-order valence-corrected chi connectivity index (χ0v) is 14.2. The van der Waals surface area contributed by atoms with Crippen LogP contribution in [0.1, 0.15) is 26.7 Å². The molecule has 0 fully saturated rings. The van der Waals surface area contributed by atoms with Gasteiger partial charge in [0.15, 0.2) is 0 Å². The Bertz CT molecular complexity index is 547. The van der Waals surface area contributed by atoms with Gasteiger partial charge < -0.3 is 20.1 Å². The van der Waals surface area contributed by atoms with Crippen LogP contribution < -0.4 is 22.1 Å². The van der Waals surface area contributed by atoms with Crippen molar-refractivity contribution >= 4 is 6.03 Å². The molecule has 0 saturated carbocycles. The number of amides is 2. The number of ether oxygens (including phenoxy) is 2. The fourth-order valence-electron chi connectivity index (χ4n) is 2.50. The number of rotatable bonds is 6. The van der Waals surface area contributed by atoms with Gasteiger partial charge in [-0.1, -0.05) is 12.2 Å². The number of allylic oxidation sites excluding steroid dienone is 2. The standard InChI is InChI=1S/C17H26N4O3/c1-3-23-16(18)9-5-13(6-10-16)20-15(22)21-14-7-11-17(19,12-8-14)24-4-2/h5-9,11H,3-4,10,12,18-19H2,1-2H3,(H2,20,21,22). The fourth-order valence-corrected chi connectivity index (χ4v) is 2.50. The first-order chi connectivity index (χ1) is 11.4. The van der Waals surface area contributed by atoms with Crippen LogP contribution in [0.2, 0.25) is 0 Å². The maximum Gasteiger partial charge on any atom is 0.323 e. The molecular formula is C17H26N4O3. The predicted octanol–water partition coefficient (Wildman–Crippen LogP) is 1.36. The van der Waals surface area contributed by atoms with Crippen LogP contribution in [0.15, 0.2) is 47.9 Å². The van der Waals surface area contributed by atoms with E-state index in [0.29, 0.717) is 37.4 Å². The summed E-state index contributed by atoms with van der Waals surface area (Å²) >= 11 is 0. The van der Waals surface area contributed by atoms with E-state index < -0.39 is 11.4 Å². The normalized spacial score (nSPS) is 29.0. The SMILES string of the molecule is CCOC1(N)C=CC(NC(=O)NC2=CCC(N)(OCC)C=C2)=CC1. The van der Waals surface area contributed by atoms with Gasteiger partial charge >= 0.3 is 6.03 Å². The second-order valence-corrected chi connectivity index (χ2v) is 5.75. The van der Waals surface area contributed by atoms with E-state index in [1.807, 2.05) is 26.0 Å². The van der Waals surface area contributed by atoms with Crippen LogP contribution in [0, 0.1) is 0 Å². The Balaban J connectivity index is 1.83. The van der Waals surface area contributed by atoms with Crippen molar-refractivity contribution in [3.05, 3.63) is 47.9 Å². The van der Waals surface area contributed by atoms with E-state index in [4.69, 9.17) is 20.9 Å². The second-order valence-electron chi connectivity index (χ2n) is 5.75. The van der Waals surface area contributed by atoms with Gasteiger partial charge in [0.05, 0.1) is 0 Å². The van der Waals surface area contributed by atoms with Crippen molar-refractivity contribution in [2.45, 2.75) is 38.1 Å². The van der Waals surface area contributed by atoms with Crippen molar-refractivity contribution in [2.75, 3.05) is 13.2 Å². The highest BCUT2D eigenvalue weighted by Crippen LogP contribution is 2.20. The first kappa shape index (κ1) is 18.4. The number of urea groups is 1. The topological polar surface area (TPSA) is 112 Å². The quantitative estimate of drug-likeness (QED) is 0.548. The van der Waals surface area contributed by atoms with E-state index in [1.165, 1.54) is 0 Å². The fraction of sp³-hybridized carbons (Fsp3) is 0.471. The highest BCUT2D eigenvalue weighted by Gasteiger charge is 2.25. The molecule has 0 aromatic carbocycles. The molecule has 2 aliphatic rings. The number of nitrogens with two attached hydrogens (primary N) is 2. The summed E-state index contributed by atoms with van der Waals surface area (Å²) < 4.78 is 10.9. The molecular weight excluding hydrogens is 308 g/mol. The zero-order valence-electron chi connectivity index (χ0n) is 14.2. The lowest BCUT2D eigenvalue weighted by molar-refractivity contribution is 0.00495. The van der Waals surface area contributed by atoms with E-state index in [1.54, 1.807) is 24.3 Å². The Morgan fingerprint density at radius 2 is 1.42 bits per heavy atom. The van der Waals surface area contributed by atoms with Crippen LogP contribution >= 0.6 is 0 Å². The molecule has 2 aliphatic carbocycles. The third-order valence-corrected chi connectivity index (χ3v) is 3.71. The molecule has 0 heterocycles. The minimum atomic E-state index is -0.797. The summed E-state index contributed by atoms with van der Waals surface area (Å²) in [6, 6.07) is -0.330. The number of hydrogen-bond donors (Lipinski definition) is 4. The largest absolute Gasteiger partial charge is 0.357 e. The molecule has 0 aromatic heterocycles. The van der Waals surface area contributed by atoms with Crippen LogP contribution in [-0.2, 0) is 9.47 Å². The molecule has 0 aliphatic heterocycles. The molecule has 2 atom stereocenters. The predicted molar refractivity (Wildman–Crippen MR) is 92.4 cm³/mol.